The predicted molar refractivity (Wildman–Crippen MR) is 87.2 cm³/mol. The van der Waals surface area contributed by atoms with Crippen LogP contribution in [0.15, 0.2) is 0 Å². The molecule has 5 fully saturated rings. The highest BCUT2D eigenvalue weighted by Gasteiger charge is 2.65. The minimum Gasteiger partial charge on any atom is -0.364 e. The van der Waals surface area contributed by atoms with E-state index in [-0.39, 0.29) is 22.5 Å². The molecule has 5 rings (SSSR count). The van der Waals surface area contributed by atoms with Crippen LogP contribution in [0.2, 0.25) is 0 Å². The summed E-state index contributed by atoms with van der Waals surface area (Å²) in [6.45, 7) is 9.18. The maximum Gasteiger partial charge on any atom is 0.124 e. The summed E-state index contributed by atoms with van der Waals surface area (Å²) >= 11 is 0. The Morgan fingerprint density at radius 2 is 1.08 bits per heavy atom. The molecule has 4 aliphatic heterocycles. The van der Waals surface area contributed by atoms with Crippen LogP contribution in [-0.4, -0.2) is 72.2 Å². The van der Waals surface area contributed by atoms with Gasteiger partial charge in [-0.1, -0.05) is 13.8 Å². The molecule has 0 N–H and O–H groups in total. The van der Waals surface area contributed by atoms with Crippen molar-refractivity contribution < 1.29 is 18.9 Å². The van der Waals surface area contributed by atoms with E-state index in [0.29, 0.717) is 13.5 Å². The lowest BCUT2D eigenvalue weighted by Gasteiger charge is -2.49. The van der Waals surface area contributed by atoms with Crippen molar-refractivity contribution in [3.05, 3.63) is 0 Å². The zero-order chi connectivity index (χ0) is 16.5. The summed E-state index contributed by atoms with van der Waals surface area (Å²) in [6.07, 6.45) is 6.27. The molecule has 136 valence electrons. The molecule has 4 saturated heterocycles. The molecule has 0 radical (unpaired) electrons. The maximum absolute atomic E-state index is 6.45. The zero-order valence-electron chi connectivity index (χ0n) is 15.0. The van der Waals surface area contributed by atoms with Gasteiger partial charge < -0.3 is 18.9 Å². The molecule has 1 aliphatic carbocycles. The van der Waals surface area contributed by atoms with Crippen LogP contribution in [0.25, 0.3) is 0 Å². The number of nitrogens with zero attached hydrogens (tertiary/aromatic N) is 2. The Morgan fingerprint density at radius 3 is 1.46 bits per heavy atom. The lowest BCUT2D eigenvalue weighted by Crippen LogP contribution is -2.59. The average Bonchev–Trinajstić information content (AvgIpc) is 3.34. The van der Waals surface area contributed by atoms with Crippen LogP contribution < -0.4 is 0 Å². The Bertz CT molecular complexity index is 475. The molecular formula is C18H30N2O4. The van der Waals surface area contributed by atoms with Gasteiger partial charge in [-0.15, -0.1) is 0 Å². The Labute approximate surface area is 144 Å². The quantitative estimate of drug-likeness (QED) is 0.766. The molecular weight excluding hydrogens is 308 g/mol. The van der Waals surface area contributed by atoms with E-state index in [1.807, 2.05) is 0 Å². The molecule has 6 nitrogen and oxygen atoms in total. The van der Waals surface area contributed by atoms with Crippen molar-refractivity contribution >= 4 is 0 Å². The molecule has 0 amide bonds. The van der Waals surface area contributed by atoms with Crippen molar-refractivity contribution in [2.24, 2.45) is 0 Å². The van der Waals surface area contributed by atoms with Gasteiger partial charge in [0.15, 0.2) is 0 Å². The van der Waals surface area contributed by atoms with E-state index in [0.717, 1.165) is 65.0 Å². The summed E-state index contributed by atoms with van der Waals surface area (Å²) < 4.78 is 24.6. The van der Waals surface area contributed by atoms with E-state index in [9.17, 15) is 0 Å². The van der Waals surface area contributed by atoms with E-state index < -0.39 is 0 Å². The number of ether oxygens (including phenoxy) is 4. The third kappa shape index (κ3) is 1.82. The molecule has 5 aliphatic rings. The van der Waals surface area contributed by atoms with E-state index in [1.54, 1.807) is 0 Å². The van der Waals surface area contributed by atoms with Gasteiger partial charge in [0.1, 0.15) is 24.9 Å². The molecule has 0 aromatic heterocycles. The van der Waals surface area contributed by atoms with Crippen LogP contribution in [0.3, 0.4) is 0 Å². The lowest BCUT2D eigenvalue weighted by atomic mass is 9.81. The maximum atomic E-state index is 6.45. The van der Waals surface area contributed by atoms with Gasteiger partial charge in [-0.05, 0) is 38.5 Å². The minimum absolute atomic E-state index is 0.102. The monoisotopic (exact) mass is 338 g/mol. The van der Waals surface area contributed by atoms with Crippen molar-refractivity contribution in [1.82, 2.24) is 9.80 Å². The summed E-state index contributed by atoms with van der Waals surface area (Å²) in [5.41, 5.74) is -0.0751. The number of fused-ring (bicyclic) bond motifs is 4. The molecule has 0 unspecified atom stereocenters. The largest absolute Gasteiger partial charge is 0.364 e. The van der Waals surface area contributed by atoms with Gasteiger partial charge in [0.25, 0.3) is 0 Å². The van der Waals surface area contributed by atoms with Crippen LogP contribution >= 0.6 is 0 Å². The first-order valence-electron chi connectivity index (χ1n) is 9.62. The van der Waals surface area contributed by atoms with Crippen LogP contribution in [0.4, 0.5) is 0 Å². The summed E-state index contributed by atoms with van der Waals surface area (Å²) in [5.74, 6) is 0. The van der Waals surface area contributed by atoms with Crippen molar-refractivity contribution in [1.29, 1.82) is 0 Å². The van der Waals surface area contributed by atoms with Crippen molar-refractivity contribution in [3.8, 4) is 0 Å². The molecule has 0 bridgehead atoms. The van der Waals surface area contributed by atoms with Gasteiger partial charge >= 0.3 is 0 Å². The molecule has 24 heavy (non-hydrogen) atoms. The second-order valence-electron chi connectivity index (χ2n) is 8.44. The van der Waals surface area contributed by atoms with Gasteiger partial charge in [0, 0.05) is 0 Å². The second-order valence-corrected chi connectivity index (χ2v) is 8.44. The van der Waals surface area contributed by atoms with Gasteiger partial charge in [-0.25, -0.2) is 9.80 Å². The summed E-state index contributed by atoms with van der Waals surface area (Å²) in [6, 6.07) is 0. The first-order valence-corrected chi connectivity index (χ1v) is 9.62. The Balaban J connectivity index is 1.37. The lowest BCUT2D eigenvalue weighted by molar-refractivity contribution is -0.196. The third-order valence-corrected chi connectivity index (χ3v) is 7.66. The second kappa shape index (κ2) is 5.15. The van der Waals surface area contributed by atoms with E-state index in [2.05, 4.69) is 23.6 Å². The SMILES string of the molecule is CC[C@]12COCN1C1(CCC3(CC1)OC[C@@]1(CC)COCN31)OC2. The first-order chi connectivity index (χ1) is 11.6. The molecule has 6 heteroatoms. The molecule has 2 spiro atoms. The normalized spacial score (nSPS) is 51.8. The van der Waals surface area contributed by atoms with E-state index in [1.165, 1.54) is 0 Å². The van der Waals surface area contributed by atoms with Crippen molar-refractivity contribution in [2.75, 3.05) is 39.9 Å². The average molecular weight is 338 g/mol. The van der Waals surface area contributed by atoms with Crippen LogP contribution in [-0.2, 0) is 18.9 Å². The number of hydrogen-bond acceptors (Lipinski definition) is 6. The molecule has 2 atom stereocenters. The van der Waals surface area contributed by atoms with Gasteiger partial charge in [0.05, 0.1) is 37.5 Å². The Hall–Kier alpha value is -0.240. The van der Waals surface area contributed by atoms with E-state index in [4.69, 9.17) is 18.9 Å². The standard InChI is InChI=1S/C18H30N2O4/c1-3-15-9-21-13-19(15)17(23-11-15)5-7-18(8-6-17)20-14-22-10-16(20,4-2)12-24-18/h3-14H2,1-2H3/t15-,16-,17?,18?/m1/s1. The van der Waals surface area contributed by atoms with Gasteiger partial charge in [0.2, 0.25) is 0 Å². The van der Waals surface area contributed by atoms with Gasteiger partial charge in [-0.2, -0.15) is 0 Å². The van der Waals surface area contributed by atoms with Crippen LogP contribution in [0, 0.1) is 0 Å². The van der Waals surface area contributed by atoms with Crippen molar-refractivity contribution in [3.63, 3.8) is 0 Å². The van der Waals surface area contributed by atoms with Crippen LogP contribution in [0.5, 0.6) is 0 Å². The highest BCUT2D eigenvalue weighted by Crippen LogP contribution is 2.54. The predicted octanol–water partition coefficient (Wildman–Crippen LogP) is 1.89. The zero-order valence-corrected chi connectivity index (χ0v) is 15.0. The Kier molecular flexibility index (Phi) is 3.42. The fraction of sp³-hybridized carbons (Fsp3) is 1.00. The number of rotatable bonds is 2. The minimum atomic E-state index is -0.140. The first kappa shape index (κ1) is 16.0. The highest BCUT2D eigenvalue weighted by atomic mass is 16.6. The molecule has 4 heterocycles. The molecule has 0 aromatic carbocycles. The van der Waals surface area contributed by atoms with Crippen molar-refractivity contribution in [2.45, 2.75) is 74.9 Å². The number of hydrogen-bond donors (Lipinski definition) is 0. The summed E-state index contributed by atoms with van der Waals surface area (Å²) in [7, 11) is 0. The topological polar surface area (TPSA) is 43.4 Å². The fourth-order valence-corrected chi connectivity index (χ4v) is 5.77. The smallest absolute Gasteiger partial charge is 0.124 e. The molecule has 1 saturated carbocycles. The third-order valence-electron chi connectivity index (χ3n) is 7.66. The summed E-state index contributed by atoms with van der Waals surface area (Å²) in [5, 5.41) is 0. The van der Waals surface area contributed by atoms with Gasteiger partial charge in [-0.3, -0.25) is 0 Å². The highest BCUT2D eigenvalue weighted by molar-refractivity contribution is 5.11. The summed E-state index contributed by atoms with van der Waals surface area (Å²) in [4.78, 5) is 5.05. The Morgan fingerprint density at radius 1 is 0.667 bits per heavy atom. The molecule has 0 aromatic rings. The van der Waals surface area contributed by atoms with Crippen LogP contribution in [0.1, 0.15) is 52.4 Å². The fourth-order valence-electron chi connectivity index (χ4n) is 5.77. The van der Waals surface area contributed by atoms with E-state index >= 15 is 0 Å².